The molecule has 3 N–H and O–H groups in total. The highest BCUT2D eigenvalue weighted by molar-refractivity contribution is 5.98. The number of nitrogens with one attached hydrogen (secondary N) is 1. The van der Waals surface area contributed by atoms with Crippen LogP contribution in [-0.4, -0.2) is 61.6 Å². The highest BCUT2D eigenvalue weighted by Crippen LogP contribution is 2.39. The molecule has 4 heterocycles. The molecule has 226 valence electrons. The minimum atomic E-state index is -4.91. The highest BCUT2D eigenvalue weighted by Gasteiger charge is 2.41. The lowest BCUT2D eigenvalue weighted by Gasteiger charge is -2.19. The average Bonchev–Trinajstić information content (AvgIpc) is 3.49. The molecule has 3 aromatic heterocycles. The number of carbonyl (C=O) groups is 2. The summed E-state index contributed by atoms with van der Waals surface area (Å²) in [6.45, 7) is 0.193. The Morgan fingerprint density at radius 3 is 2.40 bits per heavy atom. The Labute approximate surface area is 236 Å². The standard InChI is InChI=1S/C26H19F8N7O2/c1-11-4-17(27)13(20-6-16(26(32,33)34)21-22(35)37-10-38-41(20)21)5-12(11)23(42)39-19-9-40(8-18(19)28)24(43)14-7-36-3-2-15(14)25(29,30)31/h2-7,10,18-19H,8-9H2,1H3,(H,39,42)(H2,35,37,38). The number of alkyl halides is 7. The van der Waals surface area contributed by atoms with Crippen LogP contribution in [0.1, 0.15) is 37.4 Å². The van der Waals surface area contributed by atoms with Gasteiger partial charge in [0.05, 0.1) is 35.0 Å². The number of aryl methyl sites for hydroxylation is 1. The van der Waals surface area contributed by atoms with E-state index in [1.807, 2.05) is 0 Å². The van der Waals surface area contributed by atoms with Crippen molar-refractivity contribution in [1.29, 1.82) is 0 Å². The number of rotatable bonds is 4. The van der Waals surface area contributed by atoms with Crippen molar-refractivity contribution >= 4 is 23.1 Å². The molecule has 1 fully saturated rings. The van der Waals surface area contributed by atoms with Crippen LogP contribution in [0.4, 0.5) is 40.9 Å². The number of hydrogen-bond donors (Lipinski definition) is 2. The van der Waals surface area contributed by atoms with Crippen LogP contribution >= 0.6 is 0 Å². The number of fused-ring (bicyclic) bond motifs is 1. The number of likely N-dealkylation sites (tertiary alicyclic amines) is 1. The predicted octanol–water partition coefficient (Wildman–Crippen LogP) is 4.45. The van der Waals surface area contributed by atoms with E-state index >= 15 is 4.39 Å². The summed E-state index contributed by atoms with van der Waals surface area (Å²) in [6, 6.07) is 1.68. The second kappa shape index (κ2) is 10.5. The fourth-order valence-corrected chi connectivity index (χ4v) is 4.88. The molecule has 0 saturated carbocycles. The number of nitrogens with zero attached hydrogens (tertiary/aromatic N) is 5. The largest absolute Gasteiger partial charge is 0.418 e. The highest BCUT2D eigenvalue weighted by atomic mass is 19.4. The van der Waals surface area contributed by atoms with E-state index in [0.29, 0.717) is 18.3 Å². The molecule has 4 aromatic rings. The summed E-state index contributed by atoms with van der Waals surface area (Å²) in [4.78, 5) is 33.9. The van der Waals surface area contributed by atoms with Gasteiger partial charge in [-0.25, -0.2) is 18.3 Å². The minimum absolute atomic E-state index is 0.0383. The number of aromatic nitrogens is 4. The molecule has 2 unspecified atom stereocenters. The quantitative estimate of drug-likeness (QED) is 0.329. The Balaban J connectivity index is 1.43. The lowest BCUT2D eigenvalue weighted by molar-refractivity contribution is -0.138. The van der Waals surface area contributed by atoms with Gasteiger partial charge in [-0.2, -0.15) is 31.4 Å². The molecule has 2 atom stereocenters. The zero-order valence-electron chi connectivity index (χ0n) is 21.8. The third kappa shape index (κ3) is 5.41. The van der Waals surface area contributed by atoms with Gasteiger partial charge in [-0.05, 0) is 36.8 Å². The number of halogens is 8. The Morgan fingerprint density at radius 2 is 1.72 bits per heavy atom. The van der Waals surface area contributed by atoms with Gasteiger partial charge in [-0.1, -0.05) is 0 Å². The second-order valence-corrected chi connectivity index (χ2v) is 9.72. The molecule has 1 saturated heterocycles. The number of carbonyl (C=O) groups excluding carboxylic acids is 2. The third-order valence-corrected chi connectivity index (χ3v) is 6.93. The topological polar surface area (TPSA) is 119 Å². The Bertz CT molecular complexity index is 1750. The van der Waals surface area contributed by atoms with E-state index in [-0.39, 0.29) is 11.1 Å². The van der Waals surface area contributed by atoms with Gasteiger partial charge in [0.15, 0.2) is 5.82 Å². The number of pyridine rings is 1. The number of nitrogen functional groups attached to an aromatic ring is 1. The normalized spacial score (nSPS) is 17.5. The molecule has 1 aliphatic heterocycles. The summed E-state index contributed by atoms with van der Waals surface area (Å²) in [5.74, 6) is -3.65. The molecule has 0 spiro atoms. The number of amides is 2. The maximum atomic E-state index is 15.1. The molecule has 43 heavy (non-hydrogen) atoms. The van der Waals surface area contributed by atoms with E-state index < -0.39 is 94.6 Å². The molecule has 0 radical (unpaired) electrons. The van der Waals surface area contributed by atoms with Crippen LogP contribution in [0.5, 0.6) is 0 Å². The molecular weight excluding hydrogens is 594 g/mol. The number of anilines is 1. The summed E-state index contributed by atoms with van der Waals surface area (Å²) >= 11 is 0. The maximum absolute atomic E-state index is 15.1. The van der Waals surface area contributed by atoms with Gasteiger partial charge < -0.3 is 16.0 Å². The van der Waals surface area contributed by atoms with Crippen LogP contribution in [0.2, 0.25) is 0 Å². The fourth-order valence-electron chi connectivity index (χ4n) is 4.88. The smallest absolute Gasteiger partial charge is 0.382 e. The Kier molecular flexibility index (Phi) is 7.22. The van der Waals surface area contributed by atoms with E-state index in [1.165, 1.54) is 6.92 Å². The van der Waals surface area contributed by atoms with Crippen molar-refractivity contribution in [3.8, 4) is 11.3 Å². The fraction of sp³-hybridized carbons (Fsp3) is 0.269. The summed E-state index contributed by atoms with van der Waals surface area (Å²) < 4.78 is 112. The minimum Gasteiger partial charge on any atom is -0.382 e. The van der Waals surface area contributed by atoms with Crippen LogP contribution in [-0.2, 0) is 12.4 Å². The molecule has 0 aliphatic carbocycles. The summed E-state index contributed by atoms with van der Waals surface area (Å²) in [5.41, 5.74) is 0.633. The van der Waals surface area contributed by atoms with Crippen LogP contribution in [0, 0.1) is 12.7 Å². The summed E-state index contributed by atoms with van der Waals surface area (Å²) in [6.07, 6.45) is -9.25. The Morgan fingerprint density at radius 1 is 1.02 bits per heavy atom. The maximum Gasteiger partial charge on any atom is 0.418 e. The van der Waals surface area contributed by atoms with Gasteiger partial charge >= 0.3 is 12.4 Å². The van der Waals surface area contributed by atoms with Crippen molar-refractivity contribution in [3.63, 3.8) is 0 Å². The van der Waals surface area contributed by atoms with Crippen LogP contribution in [0.3, 0.4) is 0 Å². The first kappa shape index (κ1) is 29.7. The lowest BCUT2D eigenvalue weighted by Crippen LogP contribution is -2.42. The predicted molar refractivity (Wildman–Crippen MR) is 134 cm³/mol. The van der Waals surface area contributed by atoms with Gasteiger partial charge in [0.25, 0.3) is 11.8 Å². The van der Waals surface area contributed by atoms with Gasteiger partial charge in [0.1, 0.15) is 23.8 Å². The molecular formula is C26H19F8N7O2. The molecule has 5 rings (SSSR count). The second-order valence-electron chi connectivity index (χ2n) is 9.72. The van der Waals surface area contributed by atoms with Crippen molar-refractivity contribution < 1.29 is 44.7 Å². The molecule has 17 heteroatoms. The number of nitrogens with two attached hydrogens (primary N) is 1. The van der Waals surface area contributed by atoms with Crippen molar-refractivity contribution in [2.45, 2.75) is 31.5 Å². The lowest BCUT2D eigenvalue weighted by atomic mass is 10.0. The van der Waals surface area contributed by atoms with Crippen molar-refractivity contribution in [1.82, 2.24) is 29.8 Å². The zero-order valence-corrected chi connectivity index (χ0v) is 21.8. The summed E-state index contributed by atoms with van der Waals surface area (Å²) in [7, 11) is 0. The monoisotopic (exact) mass is 613 g/mol. The van der Waals surface area contributed by atoms with E-state index in [2.05, 4.69) is 20.4 Å². The van der Waals surface area contributed by atoms with Gasteiger partial charge in [-0.15, -0.1) is 0 Å². The molecule has 9 nitrogen and oxygen atoms in total. The van der Waals surface area contributed by atoms with Gasteiger partial charge in [-0.3, -0.25) is 14.6 Å². The molecule has 0 bridgehead atoms. The number of benzene rings is 1. The molecule has 1 aromatic carbocycles. The van der Waals surface area contributed by atoms with Crippen molar-refractivity contribution in [2.24, 2.45) is 0 Å². The van der Waals surface area contributed by atoms with E-state index in [9.17, 15) is 40.3 Å². The van der Waals surface area contributed by atoms with Gasteiger partial charge in [0.2, 0.25) is 0 Å². The first-order valence-corrected chi connectivity index (χ1v) is 12.3. The first-order valence-electron chi connectivity index (χ1n) is 12.3. The van der Waals surface area contributed by atoms with Crippen molar-refractivity contribution in [2.75, 3.05) is 18.8 Å². The van der Waals surface area contributed by atoms with Crippen LogP contribution < -0.4 is 11.1 Å². The number of hydrogen-bond acceptors (Lipinski definition) is 6. The van der Waals surface area contributed by atoms with Crippen LogP contribution in [0.25, 0.3) is 16.8 Å². The van der Waals surface area contributed by atoms with Crippen LogP contribution in [0.15, 0.2) is 43.0 Å². The molecule has 2 amide bonds. The van der Waals surface area contributed by atoms with E-state index in [1.54, 1.807) is 0 Å². The van der Waals surface area contributed by atoms with E-state index in [0.717, 1.165) is 34.1 Å². The SMILES string of the molecule is Cc1cc(F)c(-c2cc(C(F)(F)F)c3c(N)ncnn23)cc1C(=O)NC1CN(C(=O)c2cnccc2C(F)(F)F)CC1F. The third-order valence-electron chi connectivity index (χ3n) is 6.93. The van der Waals surface area contributed by atoms with E-state index in [4.69, 9.17) is 5.73 Å². The average molecular weight is 613 g/mol. The first-order chi connectivity index (χ1) is 20.1. The van der Waals surface area contributed by atoms with Gasteiger partial charge in [0, 0.05) is 30.1 Å². The Hall–Kier alpha value is -4.83. The van der Waals surface area contributed by atoms with Crippen molar-refractivity contribution in [3.05, 3.63) is 76.6 Å². The molecule has 1 aliphatic rings. The summed E-state index contributed by atoms with van der Waals surface area (Å²) in [5, 5.41) is 6.09. The zero-order chi connectivity index (χ0) is 31.4.